The lowest BCUT2D eigenvalue weighted by Crippen LogP contribution is -2.25. The SMILES string of the molecule is COc1ccc(C(C)(C)CC(C)(C)C)cc1C(O)C(=O)O. The minimum Gasteiger partial charge on any atom is -0.496 e. The second-order valence-corrected chi connectivity index (χ2v) is 7.32. The largest absolute Gasteiger partial charge is 0.496 e. The van der Waals surface area contributed by atoms with E-state index in [2.05, 4.69) is 34.6 Å². The molecule has 0 bridgehead atoms. The predicted molar refractivity (Wildman–Crippen MR) is 82.7 cm³/mol. The summed E-state index contributed by atoms with van der Waals surface area (Å²) < 4.78 is 5.16. The number of methoxy groups -OCH3 is 1. The summed E-state index contributed by atoms with van der Waals surface area (Å²) in [6.07, 6.45) is -0.639. The summed E-state index contributed by atoms with van der Waals surface area (Å²) in [6.45, 7) is 10.8. The van der Waals surface area contributed by atoms with E-state index in [1.165, 1.54) is 7.11 Å². The van der Waals surface area contributed by atoms with E-state index < -0.39 is 12.1 Å². The number of benzene rings is 1. The summed E-state index contributed by atoms with van der Waals surface area (Å²) in [6, 6.07) is 5.40. The van der Waals surface area contributed by atoms with Gasteiger partial charge < -0.3 is 14.9 Å². The van der Waals surface area contributed by atoms with Crippen molar-refractivity contribution in [2.45, 2.75) is 52.6 Å². The first kappa shape index (κ1) is 17.5. The smallest absolute Gasteiger partial charge is 0.337 e. The molecule has 118 valence electrons. The van der Waals surface area contributed by atoms with Crippen LogP contribution in [0.1, 0.15) is 58.3 Å². The Bertz CT molecular complexity index is 512. The highest BCUT2D eigenvalue weighted by Gasteiger charge is 2.29. The first-order valence-electron chi connectivity index (χ1n) is 7.07. The first-order chi connectivity index (χ1) is 9.48. The molecule has 0 spiro atoms. The highest BCUT2D eigenvalue weighted by molar-refractivity contribution is 5.75. The monoisotopic (exact) mass is 294 g/mol. The summed E-state index contributed by atoms with van der Waals surface area (Å²) in [5, 5.41) is 18.9. The Kier molecular flexibility index (Phi) is 5.05. The molecule has 1 atom stereocenters. The Labute approximate surface area is 126 Å². The van der Waals surface area contributed by atoms with Gasteiger partial charge in [0, 0.05) is 5.56 Å². The molecule has 4 heteroatoms. The van der Waals surface area contributed by atoms with Crippen LogP contribution < -0.4 is 4.74 Å². The Hall–Kier alpha value is -1.55. The fourth-order valence-corrected chi connectivity index (χ4v) is 2.93. The van der Waals surface area contributed by atoms with Crippen LogP contribution in [0, 0.1) is 5.41 Å². The summed E-state index contributed by atoms with van der Waals surface area (Å²) >= 11 is 0. The summed E-state index contributed by atoms with van der Waals surface area (Å²) in [5.74, 6) is -0.890. The van der Waals surface area contributed by atoms with Gasteiger partial charge in [0.25, 0.3) is 0 Å². The molecule has 1 aromatic carbocycles. The third-order valence-electron chi connectivity index (χ3n) is 3.51. The predicted octanol–water partition coefficient (Wildman–Crippen LogP) is 3.53. The number of aliphatic carboxylic acids is 1. The summed E-state index contributed by atoms with van der Waals surface area (Å²) in [7, 11) is 1.47. The van der Waals surface area contributed by atoms with Gasteiger partial charge in [0.2, 0.25) is 0 Å². The lowest BCUT2D eigenvalue weighted by atomic mass is 9.72. The van der Waals surface area contributed by atoms with Crippen molar-refractivity contribution in [1.29, 1.82) is 0 Å². The van der Waals surface area contributed by atoms with Gasteiger partial charge in [-0.05, 0) is 34.9 Å². The van der Waals surface area contributed by atoms with Crippen LogP contribution in [0.3, 0.4) is 0 Å². The molecule has 0 saturated heterocycles. The van der Waals surface area contributed by atoms with Gasteiger partial charge in [-0.1, -0.05) is 40.7 Å². The molecule has 0 aromatic heterocycles. The van der Waals surface area contributed by atoms with Gasteiger partial charge in [-0.2, -0.15) is 0 Å². The van der Waals surface area contributed by atoms with E-state index in [-0.39, 0.29) is 10.8 Å². The zero-order chi connectivity index (χ0) is 16.4. The third kappa shape index (κ3) is 4.46. The van der Waals surface area contributed by atoms with Crippen LogP contribution in [-0.2, 0) is 10.2 Å². The van der Waals surface area contributed by atoms with E-state index in [0.717, 1.165) is 12.0 Å². The third-order valence-corrected chi connectivity index (χ3v) is 3.51. The van der Waals surface area contributed by atoms with Crippen LogP contribution in [0.25, 0.3) is 0 Å². The molecule has 1 rings (SSSR count). The minimum absolute atomic E-state index is 0.127. The normalized spacial score (nSPS) is 13.9. The Balaban J connectivity index is 3.27. The van der Waals surface area contributed by atoms with Gasteiger partial charge in [-0.15, -0.1) is 0 Å². The standard InChI is InChI=1S/C17H26O4/c1-16(2,3)10-17(4,5)11-7-8-13(21-6)12(9-11)14(18)15(19)20/h7-9,14,18H,10H2,1-6H3,(H,19,20). The second kappa shape index (κ2) is 6.06. The molecular weight excluding hydrogens is 268 g/mol. The number of ether oxygens (including phenoxy) is 1. The molecule has 0 radical (unpaired) electrons. The molecule has 4 nitrogen and oxygen atoms in total. The van der Waals surface area contributed by atoms with Crippen molar-refractivity contribution in [3.05, 3.63) is 29.3 Å². The van der Waals surface area contributed by atoms with E-state index >= 15 is 0 Å². The number of carbonyl (C=O) groups is 1. The maximum Gasteiger partial charge on any atom is 0.337 e. The molecule has 0 heterocycles. The number of rotatable bonds is 5. The zero-order valence-corrected chi connectivity index (χ0v) is 13.7. The lowest BCUT2D eigenvalue weighted by Gasteiger charge is -2.33. The van der Waals surface area contributed by atoms with Gasteiger partial charge in [0.1, 0.15) is 5.75 Å². The van der Waals surface area contributed by atoms with Crippen molar-refractivity contribution in [2.75, 3.05) is 7.11 Å². The van der Waals surface area contributed by atoms with Crippen molar-refractivity contribution in [3.63, 3.8) is 0 Å². The van der Waals surface area contributed by atoms with E-state index in [9.17, 15) is 9.90 Å². The molecule has 1 unspecified atom stereocenters. The molecule has 0 aliphatic rings. The van der Waals surface area contributed by atoms with E-state index in [0.29, 0.717) is 11.3 Å². The molecular formula is C17H26O4. The Morgan fingerprint density at radius 2 is 1.81 bits per heavy atom. The molecule has 2 N–H and O–H groups in total. The average molecular weight is 294 g/mol. The number of carboxylic acids is 1. The van der Waals surface area contributed by atoms with Gasteiger partial charge >= 0.3 is 5.97 Å². The van der Waals surface area contributed by atoms with Crippen LogP contribution in [-0.4, -0.2) is 23.3 Å². The number of aliphatic hydroxyl groups is 1. The van der Waals surface area contributed by atoms with Crippen molar-refractivity contribution < 1.29 is 19.7 Å². The van der Waals surface area contributed by atoms with Crippen LogP contribution in [0.15, 0.2) is 18.2 Å². The molecule has 0 amide bonds. The number of hydrogen-bond acceptors (Lipinski definition) is 3. The van der Waals surface area contributed by atoms with Crippen molar-refractivity contribution in [2.24, 2.45) is 5.41 Å². The second-order valence-electron chi connectivity index (χ2n) is 7.32. The molecule has 0 aliphatic carbocycles. The molecule has 0 aliphatic heterocycles. The maximum atomic E-state index is 11.1. The molecule has 0 fully saturated rings. The van der Waals surface area contributed by atoms with Crippen LogP contribution in [0.2, 0.25) is 0 Å². The van der Waals surface area contributed by atoms with Gasteiger partial charge in [-0.25, -0.2) is 4.79 Å². The number of hydrogen-bond donors (Lipinski definition) is 2. The molecule has 21 heavy (non-hydrogen) atoms. The first-order valence-corrected chi connectivity index (χ1v) is 7.07. The quantitative estimate of drug-likeness (QED) is 0.872. The maximum absolute atomic E-state index is 11.1. The van der Waals surface area contributed by atoms with E-state index in [4.69, 9.17) is 9.84 Å². The van der Waals surface area contributed by atoms with Gasteiger partial charge in [-0.3, -0.25) is 0 Å². The topological polar surface area (TPSA) is 66.8 Å². The Morgan fingerprint density at radius 3 is 2.24 bits per heavy atom. The average Bonchev–Trinajstić information content (AvgIpc) is 2.34. The molecule has 1 aromatic rings. The van der Waals surface area contributed by atoms with Crippen molar-refractivity contribution in [3.8, 4) is 5.75 Å². The van der Waals surface area contributed by atoms with Crippen LogP contribution in [0.4, 0.5) is 0 Å². The van der Waals surface area contributed by atoms with Gasteiger partial charge in [0.05, 0.1) is 7.11 Å². The highest BCUT2D eigenvalue weighted by atomic mass is 16.5. The fourth-order valence-electron chi connectivity index (χ4n) is 2.93. The van der Waals surface area contributed by atoms with Crippen molar-refractivity contribution in [1.82, 2.24) is 0 Å². The van der Waals surface area contributed by atoms with E-state index in [1.807, 2.05) is 6.07 Å². The lowest BCUT2D eigenvalue weighted by molar-refractivity contribution is -0.147. The summed E-state index contributed by atoms with van der Waals surface area (Å²) in [4.78, 5) is 11.1. The number of aliphatic hydroxyl groups excluding tert-OH is 1. The molecule has 0 saturated carbocycles. The zero-order valence-electron chi connectivity index (χ0n) is 13.7. The minimum atomic E-state index is -1.58. The Morgan fingerprint density at radius 1 is 1.24 bits per heavy atom. The van der Waals surface area contributed by atoms with Gasteiger partial charge in [0.15, 0.2) is 6.10 Å². The number of carboxylic acid groups (broad SMARTS) is 1. The highest BCUT2D eigenvalue weighted by Crippen LogP contribution is 2.38. The van der Waals surface area contributed by atoms with Crippen LogP contribution in [0.5, 0.6) is 5.75 Å². The van der Waals surface area contributed by atoms with E-state index in [1.54, 1.807) is 12.1 Å². The van der Waals surface area contributed by atoms with Crippen LogP contribution >= 0.6 is 0 Å². The fraction of sp³-hybridized carbons (Fsp3) is 0.588. The summed E-state index contributed by atoms with van der Waals surface area (Å²) in [5.41, 5.74) is 1.31. The van der Waals surface area contributed by atoms with Crippen molar-refractivity contribution >= 4 is 5.97 Å².